The van der Waals surface area contributed by atoms with Crippen LogP contribution in [-0.2, 0) is 9.53 Å². The van der Waals surface area contributed by atoms with Crippen molar-refractivity contribution in [1.82, 2.24) is 20.1 Å². The molecule has 7 nitrogen and oxygen atoms in total. The van der Waals surface area contributed by atoms with Crippen molar-refractivity contribution in [1.29, 1.82) is 0 Å². The fourth-order valence-electron chi connectivity index (χ4n) is 4.01. The molecule has 0 radical (unpaired) electrons. The van der Waals surface area contributed by atoms with E-state index >= 15 is 0 Å². The van der Waals surface area contributed by atoms with E-state index in [1.165, 1.54) is 6.08 Å². The van der Waals surface area contributed by atoms with E-state index < -0.39 is 0 Å². The number of nitrogens with one attached hydrogen (secondary N) is 2. The molecule has 2 N–H and O–H groups in total. The van der Waals surface area contributed by atoms with Crippen molar-refractivity contribution in [3.8, 4) is 11.1 Å². The molecule has 0 unspecified atom stereocenters. The molecule has 35 heavy (non-hydrogen) atoms. The van der Waals surface area contributed by atoms with Crippen LogP contribution in [0.3, 0.4) is 0 Å². The maximum Gasteiger partial charge on any atom is 0.256 e. The Labute approximate surface area is 206 Å². The number of rotatable bonds is 8. The number of carbonyl (C=O) groups excluding carboxylic acids is 1. The molecule has 0 bridgehead atoms. The van der Waals surface area contributed by atoms with E-state index in [-0.39, 0.29) is 12.0 Å². The number of ether oxygens (including phenoxy) is 1. The van der Waals surface area contributed by atoms with Crippen molar-refractivity contribution in [3.05, 3.63) is 79.0 Å². The number of hydrogen-bond acceptors (Lipinski definition) is 5. The minimum Gasteiger partial charge on any atom is -0.491 e. The zero-order chi connectivity index (χ0) is 24.8. The largest absolute Gasteiger partial charge is 0.491 e. The lowest BCUT2D eigenvalue weighted by atomic mass is 10.0. The van der Waals surface area contributed by atoms with Crippen LogP contribution in [0.2, 0.25) is 0 Å². The number of fused-ring (bicyclic) bond motifs is 1. The van der Waals surface area contributed by atoms with Gasteiger partial charge in [-0.2, -0.15) is 5.10 Å². The summed E-state index contributed by atoms with van der Waals surface area (Å²) in [6.45, 7) is 11.8. The molecule has 1 fully saturated rings. The molecule has 1 amide bonds. The lowest BCUT2D eigenvalue weighted by Crippen LogP contribution is -2.32. The van der Waals surface area contributed by atoms with Crippen LogP contribution in [0.1, 0.15) is 39.7 Å². The van der Waals surface area contributed by atoms with Crippen molar-refractivity contribution in [2.45, 2.75) is 45.8 Å². The molecule has 3 aromatic rings. The Kier molecular flexibility index (Phi) is 7.77. The normalized spacial score (nSPS) is 15.4. The Balaban J connectivity index is 1.51. The Hall–Kier alpha value is -3.71. The van der Waals surface area contributed by atoms with Crippen LogP contribution in [-0.4, -0.2) is 39.9 Å². The van der Waals surface area contributed by atoms with Crippen molar-refractivity contribution in [2.24, 2.45) is 0 Å². The number of pyridine rings is 1. The van der Waals surface area contributed by atoms with Crippen LogP contribution in [0, 0.1) is 0 Å². The highest BCUT2D eigenvalue weighted by Crippen LogP contribution is 2.26. The average Bonchev–Trinajstić information content (AvgIpc) is 3.37. The van der Waals surface area contributed by atoms with Gasteiger partial charge in [-0.25, -0.2) is 4.98 Å². The predicted molar refractivity (Wildman–Crippen MR) is 141 cm³/mol. The van der Waals surface area contributed by atoms with Crippen molar-refractivity contribution in [2.75, 3.05) is 18.4 Å². The highest BCUT2D eigenvalue weighted by atomic mass is 16.5. The number of piperidine rings is 1. The smallest absolute Gasteiger partial charge is 0.256 e. The summed E-state index contributed by atoms with van der Waals surface area (Å²) in [5.41, 5.74) is 2.53. The minimum atomic E-state index is -0.283. The molecular formula is C28H33N5O2. The summed E-state index contributed by atoms with van der Waals surface area (Å²) in [6, 6.07) is 8.36. The first-order valence-corrected chi connectivity index (χ1v) is 12.1. The van der Waals surface area contributed by atoms with Crippen LogP contribution in [0.4, 0.5) is 5.82 Å². The second-order valence-electron chi connectivity index (χ2n) is 8.95. The fraction of sp³-hybridized carbons (Fsp3) is 0.321. The van der Waals surface area contributed by atoms with Gasteiger partial charge in [0.1, 0.15) is 17.7 Å². The van der Waals surface area contributed by atoms with Gasteiger partial charge in [-0.1, -0.05) is 24.8 Å². The highest BCUT2D eigenvalue weighted by Gasteiger charge is 2.16. The van der Waals surface area contributed by atoms with Gasteiger partial charge in [0, 0.05) is 35.0 Å². The van der Waals surface area contributed by atoms with Gasteiger partial charge >= 0.3 is 0 Å². The van der Waals surface area contributed by atoms with Crippen LogP contribution >= 0.6 is 0 Å². The maximum atomic E-state index is 13.0. The zero-order valence-corrected chi connectivity index (χ0v) is 20.6. The molecular weight excluding hydrogens is 438 g/mol. The molecule has 182 valence electrons. The molecule has 0 saturated carbocycles. The fourth-order valence-corrected chi connectivity index (χ4v) is 4.01. The van der Waals surface area contributed by atoms with Crippen molar-refractivity contribution < 1.29 is 9.53 Å². The first-order valence-electron chi connectivity index (χ1n) is 12.1. The molecule has 2 aromatic heterocycles. The molecule has 1 aromatic carbocycles. The standard InChI is InChI=1S/C28H33N5O2/c1-5-20(14-25(6-2)35-26-9-11-29-12-10-26)28(34)32-27-15-23-13-21(7-8-22(23)16-30-27)24-17-31-33(18-24)19(3)4/h5-8,13-19,26,29H,1,9-12H2,2-4H3,(H,30,32,34)/b20-14+,25-6+. The number of nitrogens with zero attached hydrogens (tertiary/aromatic N) is 3. The summed E-state index contributed by atoms with van der Waals surface area (Å²) in [5, 5.41) is 12.6. The lowest BCUT2D eigenvalue weighted by Gasteiger charge is -2.24. The van der Waals surface area contributed by atoms with Crippen LogP contribution in [0.5, 0.6) is 0 Å². The van der Waals surface area contributed by atoms with Crippen LogP contribution in [0.25, 0.3) is 21.9 Å². The van der Waals surface area contributed by atoms with Crippen molar-refractivity contribution in [3.63, 3.8) is 0 Å². The van der Waals surface area contributed by atoms with E-state index in [9.17, 15) is 4.79 Å². The monoisotopic (exact) mass is 471 g/mol. The van der Waals surface area contributed by atoms with E-state index in [1.54, 1.807) is 12.3 Å². The van der Waals surface area contributed by atoms with Gasteiger partial charge in [0.15, 0.2) is 0 Å². The number of anilines is 1. The van der Waals surface area contributed by atoms with Gasteiger partial charge < -0.3 is 15.4 Å². The second kappa shape index (κ2) is 11.1. The number of allylic oxidation sites excluding steroid dienone is 2. The molecule has 1 aliphatic rings. The Morgan fingerprint density at radius 1 is 1.20 bits per heavy atom. The molecule has 1 saturated heterocycles. The van der Waals surface area contributed by atoms with E-state index in [2.05, 4.69) is 53.3 Å². The SMILES string of the molecule is C=C/C(=C\C(=C/C)OC1CCNCC1)C(=O)Nc1cc2cc(-c3cnn(C(C)C)c3)ccc2cn1. The lowest BCUT2D eigenvalue weighted by molar-refractivity contribution is -0.112. The van der Waals surface area contributed by atoms with Gasteiger partial charge in [0.2, 0.25) is 0 Å². The number of amides is 1. The number of hydrogen-bond donors (Lipinski definition) is 2. The highest BCUT2D eigenvalue weighted by molar-refractivity contribution is 6.06. The topological polar surface area (TPSA) is 81.1 Å². The molecule has 3 heterocycles. The predicted octanol–water partition coefficient (Wildman–Crippen LogP) is 5.40. The zero-order valence-electron chi connectivity index (χ0n) is 20.6. The Bertz CT molecular complexity index is 1270. The maximum absolute atomic E-state index is 13.0. The van der Waals surface area contributed by atoms with E-state index in [0.29, 0.717) is 23.2 Å². The van der Waals surface area contributed by atoms with Gasteiger partial charge in [-0.05, 0) is 81.9 Å². The third kappa shape index (κ3) is 6.05. The number of aromatic nitrogens is 3. The van der Waals surface area contributed by atoms with E-state index in [0.717, 1.165) is 47.8 Å². The Morgan fingerprint density at radius 3 is 2.69 bits per heavy atom. The van der Waals surface area contributed by atoms with Gasteiger partial charge in [-0.3, -0.25) is 9.48 Å². The summed E-state index contributed by atoms with van der Waals surface area (Å²) in [6.07, 6.45) is 12.9. The number of carbonyl (C=O) groups is 1. The van der Waals surface area contributed by atoms with E-state index in [1.807, 2.05) is 42.2 Å². The molecule has 0 spiro atoms. The summed E-state index contributed by atoms with van der Waals surface area (Å²) >= 11 is 0. The van der Waals surface area contributed by atoms with Crippen LogP contribution in [0.15, 0.2) is 79.0 Å². The van der Waals surface area contributed by atoms with Crippen molar-refractivity contribution >= 4 is 22.5 Å². The minimum absolute atomic E-state index is 0.150. The summed E-state index contributed by atoms with van der Waals surface area (Å²) in [5.74, 6) is 0.862. The summed E-state index contributed by atoms with van der Waals surface area (Å²) in [7, 11) is 0. The second-order valence-corrected chi connectivity index (χ2v) is 8.95. The third-order valence-electron chi connectivity index (χ3n) is 6.08. The summed E-state index contributed by atoms with van der Waals surface area (Å²) < 4.78 is 8.04. The van der Waals surface area contributed by atoms with Gasteiger partial charge in [0.05, 0.1) is 6.20 Å². The first-order chi connectivity index (χ1) is 17.0. The quantitative estimate of drug-likeness (QED) is 0.261. The molecule has 1 aliphatic heterocycles. The van der Waals surface area contributed by atoms with E-state index in [4.69, 9.17) is 4.74 Å². The average molecular weight is 472 g/mol. The van der Waals surface area contributed by atoms with Crippen LogP contribution < -0.4 is 10.6 Å². The number of benzene rings is 1. The molecule has 0 aliphatic carbocycles. The summed E-state index contributed by atoms with van der Waals surface area (Å²) in [4.78, 5) is 17.4. The van der Waals surface area contributed by atoms with Gasteiger partial charge in [0.25, 0.3) is 5.91 Å². The Morgan fingerprint density at radius 2 is 2.00 bits per heavy atom. The third-order valence-corrected chi connectivity index (χ3v) is 6.08. The molecule has 7 heteroatoms. The molecule has 0 atom stereocenters. The molecule has 4 rings (SSSR count). The first kappa shape index (κ1) is 24.4. The van der Waals surface area contributed by atoms with Gasteiger partial charge in [-0.15, -0.1) is 0 Å².